The van der Waals surface area contributed by atoms with Gasteiger partial charge in [-0.25, -0.2) is 8.42 Å². The first-order valence-electron chi connectivity index (χ1n) is 7.38. The van der Waals surface area contributed by atoms with E-state index in [1.807, 2.05) is 6.07 Å². The van der Waals surface area contributed by atoms with E-state index in [1.54, 1.807) is 18.2 Å². The maximum atomic E-state index is 13.0. The second-order valence-corrected chi connectivity index (χ2v) is 10.0. The lowest BCUT2D eigenvalue weighted by Crippen LogP contribution is -2.47. The number of rotatable bonds is 2. The highest BCUT2D eigenvalue weighted by molar-refractivity contribution is 9.10. The Morgan fingerprint density at radius 1 is 1.19 bits per heavy atom. The molecule has 1 aromatic carbocycles. The highest BCUT2D eigenvalue weighted by Crippen LogP contribution is 2.41. The minimum absolute atomic E-state index is 0.113. The average Bonchev–Trinajstić information content (AvgIpc) is 2.37. The minimum atomic E-state index is -3.41. The molecule has 1 fully saturated rings. The number of benzene rings is 1. The molecular formula is C16H24BrNO2S. The Labute approximate surface area is 136 Å². The molecule has 1 aliphatic carbocycles. The zero-order valence-electron chi connectivity index (χ0n) is 12.8. The van der Waals surface area contributed by atoms with E-state index >= 15 is 0 Å². The molecular weight excluding hydrogens is 350 g/mol. The van der Waals surface area contributed by atoms with E-state index in [0.717, 1.165) is 12.8 Å². The highest BCUT2D eigenvalue weighted by Gasteiger charge is 2.41. The fraction of sp³-hybridized carbons (Fsp3) is 0.625. The molecule has 0 aromatic heterocycles. The lowest BCUT2D eigenvalue weighted by atomic mass is 9.71. The molecule has 0 radical (unpaired) electrons. The fourth-order valence-electron chi connectivity index (χ4n) is 3.13. The van der Waals surface area contributed by atoms with Crippen LogP contribution in [-0.4, -0.2) is 19.7 Å². The quantitative estimate of drug-likeness (QED) is 0.857. The van der Waals surface area contributed by atoms with Gasteiger partial charge in [-0.2, -0.15) is 0 Å². The van der Waals surface area contributed by atoms with Gasteiger partial charge in [0, 0.05) is 10.5 Å². The summed E-state index contributed by atoms with van der Waals surface area (Å²) in [5, 5.41) is -0.492. The van der Waals surface area contributed by atoms with Gasteiger partial charge in [0.05, 0.1) is 10.1 Å². The van der Waals surface area contributed by atoms with Crippen LogP contribution in [0.4, 0.5) is 0 Å². The number of sulfone groups is 1. The van der Waals surface area contributed by atoms with Gasteiger partial charge >= 0.3 is 0 Å². The van der Waals surface area contributed by atoms with Gasteiger partial charge in [0.15, 0.2) is 9.84 Å². The molecule has 0 aliphatic heterocycles. The van der Waals surface area contributed by atoms with Crippen LogP contribution in [0.3, 0.4) is 0 Å². The first kappa shape index (κ1) is 17.0. The van der Waals surface area contributed by atoms with Gasteiger partial charge in [0.25, 0.3) is 0 Å². The van der Waals surface area contributed by atoms with E-state index < -0.39 is 15.1 Å². The summed E-state index contributed by atoms with van der Waals surface area (Å²) in [5.74, 6) is 0.388. The van der Waals surface area contributed by atoms with Crippen LogP contribution >= 0.6 is 15.9 Å². The Balaban J connectivity index is 2.36. The predicted octanol–water partition coefficient (Wildman–Crippen LogP) is 3.76. The Morgan fingerprint density at radius 3 is 2.38 bits per heavy atom. The van der Waals surface area contributed by atoms with Gasteiger partial charge in [-0.15, -0.1) is 0 Å². The lowest BCUT2D eigenvalue weighted by molar-refractivity contribution is 0.171. The monoisotopic (exact) mass is 373 g/mol. The predicted molar refractivity (Wildman–Crippen MR) is 89.9 cm³/mol. The topological polar surface area (TPSA) is 60.2 Å². The first-order chi connectivity index (χ1) is 9.64. The van der Waals surface area contributed by atoms with Gasteiger partial charge < -0.3 is 5.73 Å². The summed E-state index contributed by atoms with van der Waals surface area (Å²) in [6.07, 6.45) is 2.43. The minimum Gasteiger partial charge on any atom is -0.327 e. The highest BCUT2D eigenvalue weighted by atomic mass is 79.9. The van der Waals surface area contributed by atoms with Gasteiger partial charge in [0.2, 0.25) is 0 Å². The molecule has 118 valence electrons. The van der Waals surface area contributed by atoms with Crippen molar-refractivity contribution in [1.29, 1.82) is 0 Å². The van der Waals surface area contributed by atoms with Crippen molar-refractivity contribution < 1.29 is 8.42 Å². The van der Waals surface area contributed by atoms with E-state index in [2.05, 4.69) is 36.7 Å². The third kappa shape index (κ3) is 3.51. The fourth-order valence-corrected chi connectivity index (χ4v) is 6.11. The standard InChI is InChI=1S/C16H24BrNO2S/c1-16(2,3)11-8-9-13(18)15(10-11)21(19,20)14-7-5-4-6-12(14)17/h4-7,11,13,15H,8-10,18H2,1-3H3. The largest absolute Gasteiger partial charge is 0.327 e. The van der Waals surface area contributed by atoms with Crippen molar-refractivity contribution in [2.24, 2.45) is 17.1 Å². The smallest absolute Gasteiger partial charge is 0.183 e. The van der Waals surface area contributed by atoms with E-state index in [-0.39, 0.29) is 11.5 Å². The molecule has 0 heterocycles. The van der Waals surface area contributed by atoms with Crippen LogP contribution in [0, 0.1) is 11.3 Å². The second kappa shape index (κ2) is 6.01. The van der Waals surface area contributed by atoms with Gasteiger partial charge in [-0.1, -0.05) is 32.9 Å². The number of halogens is 1. The number of nitrogens with two attached hydrogens (primary N) is 1. The van der Waals surface area contributed by atoms with Crippen LogP contribution in [0.5, 0.6) is 0 Å². The van der Waals surface area contributed by atoms with Crippen molar-refractivity contribution >= 4 is 25.8 Å². The third-order valence-corrected chi connectivity index (χ3v) is 7.87. The molecule has 3 nitrogen and oxygen atoms in total. The molecule has 3 atom stereocenters. The maximum Gasteiger partial charge on any atom is 0.183 e. The maximum absolute atomic E-state index is 13.0. The summed E-state index contributed by atoms with van der Waals surface area (Å²) in [7, 11) is -3.41. The molecule has 1 aromatic rings. The van der Waals surface area contributed by atoms with E-state index in [9.17, 15) is 8.42 Å². The van der Waals surface area contributed by atoms with Crippen molar-refractivity contribution in [2.75, 3.05) is 0 Å². The average molecular weight is 374 g/mol. The first-order valence-corrected chi connectivity index (χ1v) is 9.72. The lowest BCUT2D eigenvalue weighted by Gasteiger charge is -2.40. The normalized spacial score (nSPS) is 27.6. The van der Waals surface area contributed by atoms with Crippen molar-refractivity contribution in [3.8, 4) is 0 Å². The zero-order chi connectivity index (χ0) is 15.8. The molecule has 0 spiro atoms. The number of hydrogen-bond donors (Lipinski definition) is 1. The van der Waals surface area contributed by atoms with Crippen molar-refractivity contribution in [3.05, 3.63) is 28.7 Å². The molecule has 2 rings (SSSR count). The number of hydrogen-bond acceptors (Lipinski definition) is 3. The molecule has 1 saturated carbocycles. The SMILES string of the molecule is CC(C)(C)C1CCC(N)C(S(=O)(=O)c2ccccc2Br)C1. The van der Waals surface area contributed by atoms with Crippen LogP contribution in [0.2, 0.25) is 0 Å². The van der Waals surface area contributed by atoms with Crippen molar-refractivity contribution in [1.82, 2.24) is 0 Å². The molecule has 21 heavy (non-hydrogen) atoms. The summed E-state index contributed by atoms with van der Waals surface area (Å²) in [6, 6.07) is 6.73. The van der Waals surface area contributed by atoms with Crippen LogP contribution in [-0.2, 0) is 9.84 Å². The van der Waals surface area contributed by atoms with Crippen molar-refractivity contribution in [2.45, 2.75) is 56.2 Å². The van der Waals surface area contributed by atoms with Crippen molar-refractivity contribution in [3.63, 3.8) is 0 Å². The summed E-state index contributed by atoms with van der Waals surface area (Å²) >= 11 is 3.35. The molecule has 0 amide bonds. The van der Waals surface area contributed by atoms with Gasteiger partial charge in [-0.3, -0.25) is 0 Å². The Hall–Kier alpha value is -0.390. The third-order valence-electron chi connectivity index (χ3n) is 4.61. The Morgan fingerprint density at radius 2 is 1.81 bits per heavy atom. The summed E-state index contributed by atoms with van der Waals surface area (Å²) < 4.78 is 26.6. The van der Waals surface area contributed by atoms with Gasteiger partial charge in [0.1, 0.15) is 0 Å². The van der Waals surface area contributed by atoms with E-state index in [1.165, 1.54) is 0 Å². The van der Waals surface area contributed by atoms with Crippen LogP contribution in [0.15, 0.2) is 33.6 Å². The summed E-state index contributed by atoms with van der Waals surface area (Å²) in [5.41, 5.74) is 6.28. The van der Waals surface area contributed by atoms with Gasteiger partial charge in [-0.05, 0) is 58.7 Å². The van der Waals surface area contributed by atoms with Crippen LogP contribution in [0.25, 0.3) is 0 Å². The van der Waals surface area contributed by atoms with E-state index in [0.29, 0.717) is 21.7 Å². The zero-order valence-corrected chi connectivity index (χ0v) is 15.2. The molecule has 5 heteroatoms. The Bertz CT molecular complexity index is 607. The van der Waals surface area contributed by atoms with E-state index in [4.69, 9.17) is 5.73 Å². The summed E-state index contributed by atoms with van der Waals surface area (Å²) in [4.78, 5) is 0.361. The molecule has 3 unspecified atom stereocenters. The van der Waals surface area contributed by atoms with Crippen LogP contribution in [0.1, 0.15) is 40.0 Å². The Kier molecular flexibility index (Phi) is 4.86. The molecule has 0 saturated heterocycles. The molecule has 0 bridgehead atoms. The second-order valence-electron chi connectivity index (χ2n) is 7.05. The summed E-state index contributed by atoms with van der Waals surface area (Å²) in [6.45, 7) is 6.53. The molecule has 1 aliphatic rings. The molecule has 2 N–H and O–H groups in total. The van der Waals surface area contributed by atoms with Crippen LogP contribution < -0.4 is 5.73 Å².